The Bertz CT molecular complexity index is 150. The van der Waals surface area contributed by atoms with Gasteiger partial charge in [-0.1, -0.05) is 34.1 Å². The molecule has 0 bridgehead atoms. The lowest BCUT2D eigenvalue weighted by atomic mass is 9.89. The molecule has 2 unspecified atom stereocenters. The summed E-state index contributed by atoms with van der Waals surface area (Å²) in [4.78, 5) is 0. The zero-order valence-corrected chi connectivity index (χ0v) is 9.64. The fourth-order valence-corrected chi connectivity index (χ4v) is 1.46. The molecule has 2 atom stereocenters. The number of terminal acetylenes is 1. The Balaban J connectivity index is 3.71. The highest BCUT2D eigenvalue weighted by Crippen LogP contribution is 2.20. The van der Waals surface area contributed by atoms with E-state index in [1.165, 1.54) is 25.7 Å². The third-order valence-electron chi connectivity index (χ3n) is 2.71. The smallest absolute Gasteiger partial charge is 0.0202 e. The van der Waals surface area contributed by atoms with Gasteiger partial charge in [0, 0.05) is 5.92 Å². The lowest BCUT2D eigenvalue weighted by Gasteiger charge is -2.15. The first-order chi connectivity index (χ1) is 6.10. The molecule has 0 spiro atoms. The first-order valence-corrected chi connectivity index (χ1v) is 5.56. The Hall–Kier alpha value is -0.440. The number of hydrogen-bond acceptors (Lipinski definition) is 0. The van der Waals surface area contributed by atoms with Gasteiger partial charge in [-0.05, 0) is 31.1 Å². The molecule has 0 amide bonds. The Morgan fingerprint density at radius 3 is 2.15 bits per heavy atom. The highest BCUT2D eigenvalue weighted by atomic mass is 14.1. The monoisotopic (exact) mass is 180 g/mol. The first kappa shape index (κ1) is 12.6. The van der Waals surface area contributed by atoms with Crippen molar-refractivity contribution in [2.24, 2.45) is 17.8 Å². The molecule has 0 aliphatic carbocycles. The average molecular weight is 180 g/mol. The molecule has 0 aromatic carbocycles. The summed E-state index contributed by atoms with van der Waals surface area (Å²) < 4.78 is 0. The molecule has 0 fully saturated rings. The summed E-state index contributed by atoms with van der Waals surface area (Å²) in [5.41, 5.74) is 0. The highest BCUT2D eigenvalue weighted by Gasteiger charge is 2.09. The summed E-state index contributed by atoms with van der Waals surface area (Å²) in [6, 6.07) is 0. The van der Waals surface area contributed by atoms with Crippen LogP contribution in [0.3, 0.4) is 0 Å². The molecule has 13 heavy (non-hydrogen) atoms. The van der Waals surface area contributed by atoms with Gasteiger partial charge in [0.1, 0.15) is 0 Å². The van der Waals surface area contributed by atoms with Crippen molar-refractivity contribution in [1.29, 1.82) is 0 Å². The van der Waals surface area contributed by atoms with Crippen molar-refractivity contribution < 1.29 is 0 Å². The second-order valence-corrected chi connectivity index (χ2v) is 4.58. The van der Waals surface area contributed by atoms with Crippen molar-refractivity contribution in [3.05, 3.63) is 0 Å². The Morgan fingerprint density at radius 2 is 1.77 bits per heavy atom. The minimum absolute atomic E-state index is 0.511. The van der Waals surface area contributed by atoms with E-state index >= 15 is 0 Å². The van der Waals surface area contributed by atoms with Gasteiger partial charge in [0.15, 0.2) is 0 Å². The third-order valence-corrected chi connectivity index (χ3v) is 2.71. The van der Waals surface area contributed by atoms with Crippen molar-refractivity contribution in [2.45, 2.75) is 53.4 Å². The van der Waals surface area contributed by atoms with E-state index in [2.05, 4.69) is 33.6 Å². The van der Waals surface area contributed by atoms with E-state index in [0.717, 1.165) is 11.8 Å². The van der Waals surface area contributed by atoms with Gasteiger partial charge in [-0.2, -0.15) is 0 Å². The molecule has 0 saturated heterocycles. The molecule has 0 heterocycles. The number of hydrogen-bond donors (Lipinski definition) is 0. The van der Waals surface area contributed by atoms with Gasteiger partial charge >= 0.3 is 0 Å². The lowest BCUT2D eigenvalue weighted by Crippen LogP contribution is -2.05. The minimum Gasteiger partial charge on any atom is -0.120 e. The molecule has 0 aromatic rings. The van der Waals surface area contributed by atoms with Gasteiger partial charge in [-0.25, -0.2) is 0 Å². The van der Waals surface area contributed by atoms with Gasteiger partial charge in [-0.3, -0.25) is 0 Å². The van der Waals surface area contributed by atoms with E-state index in [1.807, 2.05) is 0 Å². The standard InChI is InChI=1S/C13H24/c1-6-12(5)10-13(7-2)9-8-11(3)4/h2,11-13H,6,8-10H2,1,3-5H3. The van der Waals surface area contributed by atoms with E-state index in [1.54, 1.807) is 0 Å². The minimum atomic E-state index is 0.511. The SMILES string of the molecule is C#CC(CCC(C)C)CC(C)CC. The van der Waals surface area contributed by atoms with Crippen molar-refractivity contribution in [3.63, 3.8) is 0 Å². The Kier molecular flexibility index (Phi) is 6.77. The van der Waals surface area contributed by atoms with Crippen LogP contribution in [0.2, 0.25) is 0 Å². The molecular weight excluding hydrogens is 156 g/mol. The van der Waals surface area contributed by atoms with Crippen molar-refractivity contribution in [3.8, 4) is 12.3 Å². The van der Waals surface area contributed by atoms with Crippen LogP contribution in [0.15, 0.2) is 0 Å². The normalized spacial score (nSPS) is 15.4. The van der Waals surface area contributed by atoms with Crippen molar-refractivity contribution in [2.75, 3.05) is 0 Å². The lowest BCUT2D eigenvalue weighted by molar-refractivity contribution is 0.398. The molecule has 0 radical (unpaired) electrons. The maximum absolute atomic E-state index is 5.51. The van der Waals surface area contributed by atoms with E-state index in [0.29, 0.717) is 5.92 Å². The second kappa shape index (κ2) is 7.01. The molecular formula is C13H24. The fourth-order valence-electron chi connectivity index (χ4n) is 1.46. The summed E-state index contributed by atoms with van der Waals surface area (Å²) in [6.07, 6.45) is 10.4. The van der Waals surface area contributed by atoms with Crippen LogP contribution < -0.4 is 0 Å². The van der Waals surface area contributed by atoms with E-state index in [9.17, 15) is 0 Å². The molecule has 0 rings (SSSR count). The predicted molar refractivity (Wildman–Crippen MR) is 60.5 cm³/mol. The quantitative estimate of drug-likeness (QED) is 0.540. The predicted octanol–water partition coefficient (Wildman–Crippen LogP) is 4.11. The molecule has 0 aliphatic heterocycles. The van der Waals surface area contributed by atoms with E-state index in [-0.39, 0.29) is 0 Å². The fraction of sp³-hybridized carbons (Fsp3) is 0.846. The van der Waals surface area contributed by atoms with Crippen LogP contribution in [0.1, 0.15) is 53.4 Å². The third kappa shape index (κ3) is 6.70. The molecule has 76 valence electrons. The second-order valence-electron chi connectivity index (χ2n) is 4.58. The molecule has 0 N–H and O–H groups in total. The Morgan fingerprint density at radius 1 is 1.15 bits per heavy atom. The highest BCUT2D eigenvalue weighted by molar-refractivity contribution is 4.93. The van der Waals surface area contributed by atoms with Crippen LogP contribution in [0, 0.1) is 30.1 Å². The van der Waals surface area contributed by atoms with Crippen molar-refractivity contribution >= 4 is 0 Å². The summed E-state index contributed by atoms with van der Waals surface area (Å²) in [7, 11) is 0. The number of rotatable bonds is 6. The maximum Gasteiger partial charge on any atom is 0.0202 e. The van der Waals surface area contributed by atoms with Gasteiger partial charge in [-0.15, -0.1) is 12.3 Å². The summed E-state index contributed by atoms with van der Waals surface area (Å²) >= 11 is 0. The summed E-state index contributed by atoms with van der Waals surface area (Å²) in [5.74, 6) is 5.00. The van der Waals surface area contributed by atoms with Crippen LogP contribution in [-0.2, 0) is 0 Å². The van der Waals surface area contributed by atoms with Crippen molar-refractivity contribution in [1.82, 2.24) is 0 Å². The molecule has 0 aliphatic rings. The van der Waals surface area contributed by atoms with Crippen LogP contribution >= 0.6 is 0 Å². The van der Waals surface area contributed by atoms with Gasteiger partial charge in [0.25, 0.3) is 0 Å². The Labute approximate surface area is 84.1 Å². The molecule has 0 aromatic heterocycles. The summed E-state index contributed by atoms with van der Waals surface area (Å²) in [6.45, 7) is 9.05. The van der Waals surface area contributed by atoms with Crippen LogP contribution in [-0.4, -0.2) is 0 Å². The van der Waals surface area contributed by atoms with Gasteiger partial charge in [0.05, 0.1) is 0 Å². The largest absolute Gasteiger partial charge is 0.120 e. The van der Waals surface area contributed by atoms with E-state index < -0.39 is 0 Å². The van der Waals surface area contributed by atoms with Crippen LogP contribution in [0.5, 0.6) is 0 Å². The van der Waals surface area contributed by atoms with Gasteiger partial charge in [0.2, 0.25) is 0 Å². The topological polar surface area (TPSA) is 0 Å². The first-order valence-electron chi connectivity index (χ1n) is 5.56. The molecule has 0 heteroatoms. The maximum atomic E-state index is 5.51. The van der Waals surface area contributed by atoms with Crippen LogP contribution in [0.4, 0.5) is 0 Å². The molecule has 0 saturated carbocycles. The molecule has 0 nitrogen and oxygen atoms in total. The van der Waals surface area contributed by atoms with Crippen LogP contribution in [0.25, 0.3) is 0 Å². The zero-order chi connectivity index (χ0) is 10.3. The average Bonchev–Trinajstić information content (AvgIpc) is 2.11. The van der Waals surface area contributed by atoms with E-state index in [4.69, 9.17) is 6.42 Å². The van der Waals surface area contributed by atoms with Gasteiger partial charge < -0.3 is 0 Å². The summed E-state index contributed by atoms with van der Waals surface area (Å²) in [5, 5.41) is 0. The zero-order valence-electron chi connectivity index (χ0n) is 9.64.